The van der Waals surface area contributed by atoms with Crippen LogP contribution in [0.5, 0.6) is 0 Å². The zero-order valence-corrected chi connectivity index (χ0v) is 12.7. The van der Waals surface area contributed by atoms with E-state index in [9.17, 15) is 9.59 Å². The Morgan fingerprint density at radius 2 is 1.91 bits per heavy atom. The van der Waals surface area contributed by atoms with Gasteiger partial charge in [-0.2, -0.15) is 0 Å². The van der Waals surface area contributed by atoms with Gasteiger partial charge >= 0.3 is 0 Å². The second-order valence-corrected chi connectivity index (χ2v) is 5.79. The molecule has 2 aromatic rings. The molecule has 0 radical (unpaired) electrons. The van der Waals surface area contributed by atoms with Crippen molar-refractivity contribution in [1.82, 2.24) is 9.88 Å². The van der Waals surface area contributed by atoms with E-state index in [1.807, 2.05) is 37.3 Å². The number of carbonyl (C=O) groups is 2. The van der Waals surface area contributed by atoms with E-state index >= 15 is 0 Å². The van der Waals surface area contributed by atoms with Crippen molar-refractivity contribution in [2.24, 2.45) is 5.92 Å². The topological polar surface area (TPSA) is 50.3 Å². The van der Waals surface area contributed by atoms with Crippen molar-refractivity contribution >= 4 is 11.7 Å². The number of aromatic nitrogens is 1. The van der Waals surface area contributed by atoms with E-state index < -0.39 is 5.92 Å². The molecular formula is C18H18N2O2. The Morgan fingerprint density at radius 1 is 1.18 bits per heavy atom. The van der Waals surface area contributed by atoms with Gasteiger partial charge < -0.3 is 4.90 Å². The van der Waals surface area contributed by atoms with Gasteiger partial charge in [0.2, 0.25) is 5.91 Å². The average molecular weight is 294 g/mol. The zero-order chi connectivity index (χ0) is 15.7. The van der Waals surface area contributed by atoms with Gasteiger partial charge in [-0.15, -0.1) is 0 Å². The summed E-state index contributed by atoms with van der Waals surface area (Å²) in [4.78, 5) is 30.3. The molecule has 4 heteroatoms. The van der Waals surface area contributed by atoms with E-state index in [0.29, 0.717) is 18.5 Å². The van der Waals surface area contributed by atoms with Crippen LogP contribution >= 0.6 is 0 Å². The summed E-state index contributed by atoms with van der Waals surface area (Å²) in [5.41, 5.74) is 3.60. The van der Waals surface area contributed by atoms with Crippen LogP contribution in [-0.4, -0.2) is 35.2 Å². The van der Waals surface area contributed by atoms with Crippen molar-refractivity contribution in [2.75, 3.05) is 13.6 Å². The third-order valence-electron chi connectivity index (χ3n) is 4.15. The molecule has 0 bridgehead atoms. The maximum Gasteiger partial charge on any atom is 0.233 e. The Bertz CT molecular complexity index is 722. The summed E-state index contributed by atoms with van der Waals surface area (Å²) in [5.74, 6) is -0.776. The van der Waals surface area contributed by atoms with E-state index in [1.54, 1.807) is 24.3 Å². The predicted molar refractivity (Wildman–Crippen MR) is 84.5 cm³/mol. The van der Waals surface area contributed by atoms with Crippen LogP contribution in [0.4, 0.5) is 0 Å². The third-order valence-corrected chi connectivity index (χ3v) is 4.15. The highest BCUT2D eigenvalue weighted by Gasteiger charge is 2.35. The van der Waals surface area contributed by atoms with Crippen molar-refractivity contribution in [1.29, 1.82) is 0 Å². The summed E-state index contributed by atoms with van der Waals surface area (Å²) in [6.45, 7) is 2.67. The van der Waals surface area contributed by atoms with Gasteiger partial charge in [0, 0.05) is 37.1 Å². The van der Waals surface area contributed by atoms with Crippen LogP contribution in [0.1, 0.15) is 22.3 Å². The van der Waals surface area contributed by atoms with Crippen LogP contribution < -0.4 is 0 Å². The quantitative estimate of drug-likeness (QED) is 0.646. The number of hydrogen-bond acceptors (Lipinski definition) is 3. The number of nitrogens with zero attached hydrogens (tertiary/aromatic N) is 2. The highest BCUT2D eigenvalue weighted by molar-refractivity contribution is 6.11. The van der Waals surface area contributed by atoms with Crippen LogP contribution in [-0.2, 0) is 4.79 Å². The van der Waals surface area contributed by atoms with Crippen LogP contribution in [0.25, 0.3) is 11.1 Å². The van der Waals surface area contributed by atoms with E-state index in [2.05, 4.69) is 4.98 Å². The molecule has 22 heavy (non-hydrogen) atoms. The monoisotopic (exact) mass is 294 g/mol. The van der Waals surface area contributed by atoms with Crippen molar-refractivity contribution in [3.63, 3.8) is 0 Å². The lowest BCUT2D eigenvalue weighted by Gasteiger charge is -2.10. The molecule has 1 fully saturated rings. The molecule has 1 aliphatic rings. The fraction of sp³-hybridized carbons (Fsp3) is 0.278. The van der Waals surface area contributed by atoms with Gasteiger partial charge in [-0.3, -0.25) is 14.6 Å². The van der Waals surface area contributed by atoms with Gasteiger partial charge in [0.15, 0.2) is 5.78 Å². The summed E-state index contributed by atoms with van der Waals surface area (Å²) in [5, 5.41) is 0. The molecule has 1 aromatic carbocycles. The molecule has 0 aliphatic carbocycles. The fourth-order valence-electron chi connectivity index (χ4n) is 2.75. The molecule has 1 unspecified atom stereocenters. The van der Waals surface area contributed by atoms with Gasteiger partial charge in [-0.1, -0.05) is 29.8 Å². The summed E-state index contributed by atoms with van der Waals surface area (Å²) < 4.78 is 0. The first-order valence-corrected chi connectivity index (χ1v) is 7.37. The first-order valence-electron chi connectivity index (χ1n) is 7.37. The number of Topliss-reactive ketones (excluding diaryl/α,β-unsaturated/α-hetero) is 1. The number of rotatable bonds is 3. The smallest absolute Gasteiger partial charge is 0.233 e. The van der Waals surface area contributed by atoms with Crippen LogP contribution in [0, 0.1) is 12.8 Å². The molecule has 2 heterocycles. The van der Waals surface area contributed by atoms with Gasteiger partial charge in [-0.05, 0) is 25.0 Å². The molecule has 112 valence electrons. The third kappa shape index (κ3) is 2.64. The molecule has 1 aliphatic heterocycles. The largest absolute Gasteiger partial charge is 0.345 e. The maximum atomic E-state index is 12.6. The molecule has 1 saturated heterocycles. The summed E-state index contributed by atoms with van der Waals surface area (Å²) in [7, 11) is 1.73. The number of ketones is 1. The predicted octanol–water partition coefficient (Wildman–Crippen LogP) is 2.72. The standard InChI is InChI=1S/C18H18N2O2/c1-12-3-5-13(6-4-12)14-9-15(11-19-10-14)17(21)16-7-8-20(2)18(16)22/h3-6,9-11,16H,7-8H2,1-2H3. The second-order valence-electron chi connectivity index (χ2n) is 5.79. The van der Waals surface area contributed by atoms with Gasteiger partial charge in [-0.25, -0.2) is 0 Å². The summed E-state index contributed by atoms with van der Waals surface area (Å²) in [6, 6.07) is 9.90. The molecule has 0 spiro atoms. The number of benzene rings is 1. The number of amides is 1. The Morgan fingerprint density at radius 3 is 2.55 bits per heavy atom. The van der Waals surface area contributed by atoms with Crippen LogP contribution in [0.3, 0.4) is 0 Å². The number of likely N-dealkylation sites (tertiary alicyclic amines) is 1. The first kappa shape index (κ1) is 14.4. The Balaban J connectivity index is 1.89. The Kier molecular flexibility index (Phi) is 3.75. The molecule has 3 rings (SSSR count). The van der Waals surface area contributed by atoms with E-state index in [1.165, 1.54) is 5.56 Å². The molecule has 4 nitrogen and oxygen atoms in total. The lowest BCUT2D eigenvalue weighted by molar-refractivity contribution is -0.128. The second kappa shape index (κ2) is 5.72. The van der Waals surface area contributed by atoms with E-state index in [0.717, 1.165) is 11.1 Å². The number of carbonyl (C=O) groups excluding carboxylic acids is 2. The first-order chi connectivity index (χ1) is 10.6. The lowest BCUT2D eigenvalue weighted by Crippen LogP contribution is -2.27. The van der Waals surface area contributed by atoms with Crippen LogP contribution in [0.15, 0.2) is 42.7 Å². The number of hydrogen-bond donors (Lipinski definition) is 0. The molecule has 0 saturated carbocycles. The van der Waals surface area contributed by atoms with E-state index in [4.69, 9.17) is 0 Å². The lowest BCUT2D eigenvalue weighted by atomic mass is 9.95. The van der Waals surface area contributed by atoms with Crippen molar-refractivity contribution in [3.05, 3.63) is 53.9 Å². The van der Waals surface area contributed by atoms with Crippen molar-refractivity contribution in [3.8, 4) is 11.1 Å². The maximum absolute atomic E-state index is 12.6. The Hall–Kier alpha value is -2.49. The highest BCUT2D eigenvalue weighted by atomic mass is 16.2. The minimum absolute atomic E-state index is 0.0919. The fourth-order valence-corrected chi connectivity index (χ4v) is 2.75. The normalized spacial score (nSPS) is 17.8. The number of aryl methyl sites for hydroxylation is 1. The molecular weight excluding hydrogens is 276 g/mol. The van der Waals surface area contributed by atoms with Crippen molar-refractivity contribution in [2.45, 2.75) is 13.3 Å². The molecule has 1 amide bonds. The van der Waals surface area contributed by atoms with Gasteiger partial charge in [0.1, 0.15) is 5.92 Å². The molecule has 1 atom stereocenters. The molecule has 1 aromatic heterocycles. The molecule has 0 N–H and O–H groups in total. The zero-order valence-electron chi connectivity index (χ0n) is 12.7. The van der Waals surface area contributed by atoms with Gasteiger partial charge in [0.05, 0.1) is 0 Å². The Labute approximate surface area is 129 Å². The highest BCUT2D eigenvalue weighted by Crippen LogP contribution is 2.24. The van der Waals surface area contributed by atoms with Crippen LogP contribution in [0.2, 0.25) is 0 Å². The van der Waals surface area contributed by atoms with Gasteiger partial charge in [0.25, 0.3) is 0 Å². The minimum atomic E-state index is -0.555. The van der Waals surface area contributed by atoms with Crippen molar-refractivity contribution < 1.29 is 9.59 Å². The minimum Gasteiger partial charge on any atom is -0.345 e. The SMILES string of the molecule is Cc1ccc(-c2cncc(C(=O)C3CCN(C)C3=O)c2)cc1. The number of pyridine rings is 1. The van der Waals surface area contributed by atoms with E-state index in [-0.39, 0.29) is 11.7 Å². The average Bonchev–Trinajstić information content (AvgIpc) is 2.87. The summed E-state index contributed by atoms with van der Waals surface area (Å²) in [6.07, 6.45) is 3.87. The summed E-state index contributed by atoms with van der Waals surface area (Å²) >= 11 is 0.